The molecular formula is C30H19N5O7. The predicted octanol–water partition coefficient (Wildman–Crippen LogP) is 5.38. The summed E-state index contributed by atoms with van der Waals surface area (Å²) in [5.41, 5.74) is 1.15. The molecular weight excluding hydrogens is 542 g/mol. The Kier molecular flexibility index (Phi) is 7.69. The fraction of sp³-hybridized carbons (Fsp3) is 0. The standard InChI is InChI=1S/C30H19N5O7/c36-28(18-11-20-9-14-23(15-10-20)34(38)39)42-27-8-4-1-5-22(27)19-31-33-29(21-12-16-24(17-13-21)35(40)41)32-26-7-3-2-6-25(26)30(33)37/h1-19H/b18-11+,31-19?. The molecule has 0 unspecified atom stereocenters. The number of rotatable bonds is 8. The molecule has 0 aliphatic carbocycles. The molecule has 0 saturated carbocycles. The molecule has 0 saturated heterocycles. The van der Waals surface area contributed by atoms with Gasteiger partial charge in [0.2, 0.25) is 0 Å². The molecule has 0 radical (unpaired) electrons. The minimum Gasteiger partial charge on any atom is -0.423 e. The molecule has 5 rings (SSSR count). The third-order valence-electron chi connectivity index (χ3n) is 6.05. The van der Waals surface area contributed by atoms with E-state index in [1.165, 1.54) is 66.9 Å². The highest BCUT2D eigenvalue weighted by Gasteiger charge is 2.14. The predicted molar refractivity (Wildman–Crippen MR) is 155 cm³/mol. The van der Waals surface area contributed by atoms with Crippen molar-refractivity contribution in [2.24, 2.45) is 5.10 Å². The van der Waals surface area contributed by atoms with Crippen LogP contribution in [0.15, 0.2) is 113 Å². The van der Waals surface area contributed by atoms with E-state index < -0.39 is 21.4 Å². The lowest BCUT2D eigenvalue weighted by Crippen LogP contribution is -2.20. The number of fused-ring (bicyclic) bond motifs is 1. The van der Waals surface area contributed by atoms with E-state index in [1.807, 2.05) is 0 Å². The number of para-hydroxylation sites is 2. The Morgan fingerprint density at radius 1 is 0.833 bits per heavy atom. The Morgan fingerprint density at radius 3 is 2.14 bits per heavy atom. The highest BCUT2D eigenvalue weighted by atomic mass is 16.6. The molecule has 4 aromatic carbocycles. The summed E-state index contributed by atoms with van der Waals surface area (Å²) >= 11 is 0. The third-order valence-corrected chi connectivity index (χ3v) is 6.05. The van der Waals surface area contributed by atoms with Gasteiger partial charge in [0.05, 0.1) is 27.0 Å². The number of nitrogens with zero attached hydrogens (tertiary/aromatic N) is 5. The minimum absolute atomic E-state index is 0.0691. The molecule has 0 bridgehead atoms. The highest BCUT2D eigenvalue weighted by molar-refractivity contribution is 5.91. The number of benzene rings is 4. The van der Waals surface area contributed by atoms with E-state index in [0.29, 0.717) is 27.6 Å². The van der Waals surface area contributed by atoms with Gasteiger partial charge in [0.1, 0.15) is 5.75 Å². The maximum atomic E-state index is 13.4. The van der Waals surface area contributed by atoms with Crippen LogP contribution in [0.1, 0.15) is 11.1 Å². The normalized spacial score (nSPS) is 11.2. The number of ether oxygens (including phenoxy) is 1. The van der Waals surface area contributed by atoms with Crippen molar-refractivity contribution in [3.05, 3.63) is 145 Å². The van der Waals surface area contributed by atoms with Crippen LogP contribution in [0.4, 0.5) is 11.4 Å². The molecule has 1 heterocycles. The van der Waals surface area contributed by atoms with Gasteiger partial charge in [0.15, 0.2) is 5.82 Å². The lowest BCUT2D eigenvalue weighted by atomic mass is 10.1. The lowest BCUT2D eigenvalue weighted by Gasteiger charge is -2.10. The Balaban J connectivity index is 1.46. The van der Waals surface area contributed by atoms with Crippen LogP contribution in [0.2, 0.25) is 0 Å². The van der Waals surface area contributed by atoms with Crippen molar-refractivity contribution in [3.8, 4) is 17.1 Å². The molecule has 0 aliphatic rings. The van der Waals surface area contributed by atoms with Crippen LogP contribution in [-0.4, -0.2) is 31.7 Å². The molecule has 0 atom stereocenters. The number of carbonyl (C=O) groups excluding carboxylic acids is 1. The number of hydrogen-bond acceptors (Lipinski definition) is 9. The van der Waals surface area contributed by atoms with E-state index in [2.05, 4.69) is 10.1 Å². The molecule has 42 heavy (non-hydrogen) atoms. The van der Waals surface area contributed by atoms with Crippen molar-refractivity contribution in [2.45, 2.75) is 0 Å². The first kappa shape index (κ1) is 27.3. The Labute approximate surface area is 236 Å². The molecule has 5 aromatic rings. The van der Waals surface area contributed by atoms with Crippen molar-refractivity contribution < 1.29 is 19.4 Å². The SMILES string of the molecule is O=C(/C=C/c1ccc([N+](=O)[O-])cc1)Oc1ccccc1C=Nn1c(-c2ccc([N+](=O)[O-])cc2)nc2ccccc2c1=O. The summed E-state index contributed by atoms with van der Waals surface area (Å²) in [5.74, 6) is -0.381. The number of non-ortho nitro benzene ring substituents is 2. The van der Waals surface area contributed by atoms with E-state index >= 15 is 0 Å². The van der Waals surface area contributed by atoms with Gasteiger partial charge in [-0.2, -0.15) is 9.78 Å². The summed E-state index contributed by atoms with van der Waals surface area (Å²) in [4.78, 5) is 51.4. The number of aromatic nitrogens is 2. The molecule has 1 aromatic heterocycles. The van der Waals surface area contributed by atoms with Crippen LogP contribution in [0, 0.1) is 20.2 Å². The van der Waals surface area contributed by atoms with E-state index in [4.69, 9.17) is 4.74 Å². The average molecular weight is 562 g/mol. The first-order valence-corrected chi connectivity index (χ1v) is 12.3. The average Bonchev–Trinajstić information content (AvgIpc) is 3.00. The van der Waals surface area contributed by atoms with Crippen LogP contribution in [0.5, 0.6) is 5.75 Å². The summed E-state index contributed by atoms with van der Waals surface area (Å²) < 4.78 is 6.56. The van der Waals surface area contributed by atoms with Crippen LogP contribution in [0.3, 0.4) is 0 Å². The number of carbonyl (C=O) groups is 1. The van der Waals surface area contributed by atoms with E-state index in [-0.39, 0.29) is 22.9 Å². The van der Waals surface area contributed by atoms with Gasteiger partial charge >= 0.3 is 5.97 Å². The smallest absolute Gasteiger partial charge is 0.336 e. The molecule has 12 heteroatoms. The van der Waals surface area contributed by atoms with Gasteiger partial charge < -0.3 is 4.74 Å². The zero-order valence-corrected chi connectivity index (χ0v) is 21.6. The van der Waals surface area contributed by atoms with Crippen molar-refractivity contribution in [1.82, 2.24) is 9.66 Å². The fourth-order valence-corrected chi connectivity index (χ4v) is 3.96. The fourth-order valence-electron chi connectivity index (χ4n) is 3.96. The van der Waals surface area contributed by atoms with Crippen LogP contribution in [-0.2, 0) is 4.79 Å². The molecule has 0 N–H and O–H groups in total. The Morgan fingerprint density at radius 2 is 1.45 bits per heavy atom. The highest BCUT2D eigenvalue weighted by Crippen LogP contribution is 2.23. The first-order valence-electron chi connectivity index (χ1n) is 12.3. The maximum Gasteiger partial charge on any atom is 0.336 e. The lowest BCUT2D eigenvalue weighted by molar-refractivity contribution is -0.385. The summed E-state index contributed by atoms with van der Waals surface area (Å²) in [6.45, 7) is 0. The maximum absolute atomic E-state index is 13.4. The first-order chi connectivity index (χ1) is 20.3. The topological polar surface area (TPSA) is 160 Å². The van der Waals surface area contributed by atoms with E-state index in [1.54, 1.807) is 48.5 Å². The van der Waals surface area contributed by atoms with Crippen molar-refractivity contribution in [3.63, 3.8) is 0 Å². The molecule has 0 amide bonds. The third kappa shape index (κ3) is 5.97. The van der Waals surface area contributed by atoms with Gasteiger partial charge in [-0.3, -0.25) is 25.0 Å². The zero-order chi connectivity index (χ0) is 29.6. The Hall–Kier alpha value is -6.30. The van der Waals surface area contributed by atoms with Gasteiger partial charge in [-0.05, 0) is 60.2 Å². The summed E-state index contributed by atoms with van der Waals surface area (Å²) in [6, 6.07) is 24.5. The second kappa shape index (κ2) is 11.8. The number of hydrogen-bond donors (Lipinski definition) is 0. The second-order valence-corrected chi connectivity index (χ2v) is 8.76. The molecule has 206 valence electrons. The molecule has 12 nitrogen and oxygen atoms in total. The van der Waals surface area contributed by atoms with Gasteiger partial charge in [-0.15, -0.1) is 0 Å². The van der Waals surface area contributed by atoms with Gasteiger partial charge in [0, 0.05) is 41.5 Å². The quantitative estimate of drug-likeness (QED) is 0.0609. The van der Waals surface area contributed by atoms with E-state index in [0.717, 1.165) is 4.68 Å². The van der Waals surface area contributed by atoms with Crippen molar-refractivity contribution in [1.29, 1.82) is 0 Å². The molecule has 0 spiro atoms. The van der Waals surface area contributed by atoms with E-state index in [9.17, 15) is 29.8 Å². The summed E-state index contributed by atoms with van der Waals surface area (Å²) in [7, 11) is 0. The van der Waals surface area contributed by atoms with Crippen LogP contribution >= 0.6 is 0 Å². The monoisotopic (exact) mass is 561 g/mol. The minimum atomic E-state index is -0.703. The molecule has 0 aliphatic heterocycles. The largest absolute Gasteiger partial charge is 0.423 e. The number of nitro benzene ring substituents is 2. The van der Waals surface area contributed by atoms with Gasteiger partial charge in [0.25, 0.3) is 16.9 Å². The van der Waals surface area contributed by atoms with Crippen molar-refractivity contribution >= 4 is 40.5 Å². The number of nitro groups is 2. The van der Waals surface area contributed by atoms with Gasteiger partial charge in [-0.25, -0.2) is 9.78 Å². The van der Waals surface area contributed by atoms with Crippen LogP contribution in [0.25, 0.3) is 28.4 Å². The van der Waals surface area contributed by atoms with Crippen molar-refractivity contribution in [2.75, 3.05) is 0 Å². The zero-order valence-electron chi connectivity index (χ0n) is 21.6. The van der Waals surface area contributed by atoms with Gasteiger partial charge in [-0.1, -0.05) is 24.3 Å². The van der Waals surface area contributed by atoms with Crippen LogP contribution < -0.4 is 10.3 Å². The molecule has 0 fully saturated rings. The second-order valence-electron chi connectivity index (χ2n) is 8.76. The summed E-state index contributed by atoms with van der Waals surface area (Å²) in [6.07, 6.45) is 3.98. The number of esters is 1. The Bertz CT molecular complexity index is 1950. The summed E-state index contributed by atoms with van der Waals surface area (Å²) in [5, 5.41) is 26.6.